The number of aliphatic hydroxyl groups is 1. The van der Waals surface area contributed by atoms with E-state index in [0.717, 1.165) is 18.5 Å². The lowest BCUT2D eigenvalue weighted by atomic mass is 9.88. The van der Waals surface area contributed by atoms with E-state index in [1.807, 2.05) is 19.9 Å². The molecule has 2 aliphatic rings. The molecule has 1 N–H and O–H groups in total. The topological polar surface area (TPSA) is 58.4 Å². The first-order valence-corrected chi connectivity index (χ1v) is 6.59. The third kappa shape index (κ3) is 1.73. The highest BCUT2D eigenvalue weighted by molar-refractivity contribution is 5.93. The number of rotatable bonds is 3. The standard InChI is InChI=1S/C13H19N3O2/c1-3-16-11(6-9(2)14-16)12(17)15-7-13(18,8-15)10-4-5-10/h6,10,18H,3-5,7-8H2,1-2H3. The van der Waals surface area contributed by atoms with Crippen LogP contribution in [0.4, 0.5) is 0 Å². The molecule has 5 heteroatoms. The van der Waals surface area contributed by atoms with E-state index in [1.165, 1.54) is 0 Å². The molecular weight excluding hydrogens is 230 g/mol. The van der Waals surface area contributed by atoms with Crippen molar-refractivity contribution in [2.45, 2.75) is 38.8 Å². The van der Waals surface area contributed by atoms with Gasteiger partial charge in [0.15, 0.2) is 0 Å². The highest BCUT2D eigenvalue weighted by Crippen LogP contribution is 2.44. The first-order valence-electron chi connectivity index (χ1n) is 6.59. The minimum absolute atomic E-state index is 0.0113. The van der Waals surface area contributed by atoms with E-state index in [-0.39, 0.29) is 5.91 Å². The molecule has 0 unspecified atom stereocenters. The molecule has 2 fully saturated rings. The number of aromatic nitrogens is 2. The Morgan fingerprint density at radius 2 is 2.22 bits per heavy atom. The van der Waals surface area contributed by atoms with E-state index < -0.39 is 5.60 Å². The van der Waals surface area contributed by atoms with Crippen LogP contribution in [0.3, 0.4) is 0 Å². The number of likely N-dealkylation sites (tertiary alicyclic amines) is 1. The molecule has 1 aromatic heterocycles. The summed E-state index contributed by atoms with van der Waals surface area (Å²) in [6.45, 7) is 5.50. The Morgan fingerprint density at radius 3 is 2.78 bits per heavy atom. The molecule has 1 aliphatic heterocycles. The van der Waals surface area contributed by atoms with Crippen LogP contribution in [-0.4, -0.2) is 44.4 Å². The molecule has 1 amide bonds. The molecule has 3 rings (SSSR count). The van der Waals surface area contributed by atoms with Gasteiger partial charge in [-0.2, -0.15) is 5.10 Å². The summed E-state index contributed by atoms with van der Waals surface area (Å²) in [7, 11) is 0. The molecule has 1 saturated carbocycles. The predicted molar refractivity (Wildman–Crippen MR) is 66.2 cm³/mol. The molecular formula is C13H19N3O2. The number of nitrogens with zero attached hydrogens (tertiary/aromatic N) is 3. The van der Waals surface area contributed by atoms with Crippen molar-refractivity contribution in [3.8, 4) is 0 Å². The van der Waals surface area contributed by atoms with Gasteiger partial charge in [0.05, 0.1) is 18.8 Å². The van der Waals surface area contributed by atoms with Gasteiger partial charge in [0, 0.05) is 6.54 Å². The summed E-state index contributed by atoms with van der Waals surface area (Å²) in [5.74, 6) is 0.405. The molecule has 5 nitrogen and oxygen atoms in total. The molecule has 0 spiro atoms. The lowest BCUT2D eigenvalue weighted by Crippen LogP contribution is -2.64. The van der Waals surface area contributed by atoms with Crippen molar-refractivity contribution in [3.63, 3.8) is 0 Å². The van der Waals surface area contributed by atoms with Crippen LogP contribution in [0.2, 0.25) is 0 Å². The Hall–Kier alpha value is -1.36. The van der Waals surface area contributed by atoms with Gasteiger partial charge in [-0.15, -0.1) is 0 Å². The molecule has 0 aromatic carbocycles. The zero-order valence-electron chi connectivity index (χ0n) is 10.9. The fraction of sp³-hybridized carbons (Fsp3) is 0.692. The van der Waals surface area contributed by atoms with Crippen LogP contribution in [0.25, 0.3) is 0 Å². The van der Waals surface area contributed by atoms with Gasteiger partial charge in [-0.25, -0.2) is 0 Å². The van der Waals surface area contributed by atoms with Gasteiger partial charge >= 0.3 is 0 Å². The van der Waals surface area contributed by atoms with E-state index in [0.29, 0.717) is 31.2 Å². The van der Waals surface area contributed by atoms with Crippen molar-refractivity contribution in [1.29, 1.82) is 0 Å². The van der Waals surface area contributed by atoms with E-state index in [1.54, 1.807) is 9.58 Å². The fourth-order valence-corrected chi connectivity index (χ4v) is 2.76. The van der Waals surface area contributed by atoms with Crippen LogP contribution in [0.15, 0.2) is 6.07 Å². The minimum atomic E-state index is -0.609. The monoisotopic (exact) mass is 249 g/mol. The lowest BCUT2D eigenvalue weighted by Gasteiger charge is -2.46. The predicted octanol–water partition coefficient (Wildman–Crippen LogP) is 0.808. The van der Waals surface area contributed by atoms with E-state index in [4.69, 9.17) is 0 Å². The zero-order chi connectivity index (χ0) is 12.9. The van der Waals surface area contributed by atoms with Crippen LogP contribution in [-0.2, 0) is 6.54 Å². The van der Waals surface area contributed by atoms with Crippen molar-refractivity contribution < 1.29 is 9.90 Å². The first-order chi connectivity index (χ1) is 8.53. The van der Waals surface area contributed by atoms with E-state index >= 15 is 0 Å². The summed E-state index contributed by atoms with van der Waals surface area (Å²) in [4.78, 5) is 14.0. The third-order valence-corrected chi connectivity index (χ3v) is 3.97. The second-order valence-corrected chi connectivity index (χ2v) is 5.53. The highest BCUT2D eigenvalue weighted by Gasteiger charge is 2.53. The average molecular weight is 249 g/mol. The molecule has 0 bridgehead atoms. The summed E-state index contributed by atoms with van der Waals surface area (Å²) in [5, 5.41) is 14.5. The second-order valence-electron chi connectivity index (χ2n) is 5.53. The van der Waals surface area contributed by atoms with Crippen LogP contribution >= 0.6 is 0 Å². The Balaban J connectivity index is 1.72. The molecule has 1 saturated heterocycles. The van der Waals surface area contributed by atoms with Crippen LogP contribution < -0.4 is 0 Å². The van der Waals surface area contributed by atoms with Crippen molar-refractivity contribution in [2.24, 2.45) is 5.92 Å². The number of carbonyl (C=O) groups excluding carboxylic acids is 1. The third-order valence-electron chi connectivity index (χ3n) is 3.97. The van der Waals surface area contributed by atoms with Crippen molar-refractivity contribution >= 4 is 5.91 Å². The smallest absolute Gasteiger partial charge is 0.272 e. The van der Waals surface area contributed by atoms with Gasteiger partial charge in [0.25, 0.3) is 5.91 Å². The maximum absolute atomic E-state index is 12.3. The maximum atomic E-state index is 12.3. The van der Waals surface area contributed by atoms with E-state index in [2.05, 4.69) is 5.10 Å². The quantitative estimate of drug-likeness (QED) is 0.862. The lowest BCUT2D eigenvalue weighted by molar-refractivity contribution is -0.0961. The number of amides is 1. The Bertz CT molecular complexity index is 484. The molecule has 0 atom stereocenters. The molecule has 18 heavy (non-hydrogen) atoms. The minimum Gasteiger partial charge on any atom is -0.386 e. The SMILES string of the molecule is CCn1nc(C)cc1C(=O)N1CC(O)(C2CC2)C1. The Morgan fingerprint density at radius 1 is 1.56 bits per heavy atom. The summed E-state index contributed by atoms with van der Waals surface area (Å²) < 4.78 is 1.73. The molecule has 0 radical (unpaired) electrons. The highest BCUT2D eigenvalue weighted by atomic mass is 16.3. The molecule has 1 aliphatic carbocycles. The van der Waals surface area contributed by atoms with Crippen LogP contribution in [0, 0.1) is 12.8 Å². The van der Waals surface area contributed by atoms with Gasteiger partial charge < -0.3 is 10.0 Å². The summed E-state index contributed by atoms with van der Waals surface area (Å²) >= 11 is 0. The van der Waals surface area contributed by atoms with Crippen molar-refractivity contribution in [3.05, 3.63) is 17.5 Å². The Kier molecular flexibility index (Phi) is 2.48. The van der Waals surface area contributed by atoms with Gasteiger partial charge in [-0.05, 0) is 38.7 Å². The molecule has 98 valence electrons. The summed E-state index contributed by atoms with van der Waals surface area (Å²) in [6, 6.07) is 1.82. The normalized spacial score (nSPS) is 21.8. The number of carbonyl (C=O) groups is 1. The fourth-order valence-electron chi connectivity index (χ4n) is 2.76. The largest absolute Gasteiger partial charge is 0.386 e. The average Bonchev–Trinajstić information content (AvgIpc) is 3.08. The second kappa shape index (κ2) is 3.82. The molecule has 1 aromatic rings. The van der Waals surface area contributed by atoms with Gasteiger partial charge in [0.1, 0.15) is 11.3 Å². The summed E-state index contributed by atoms with van der Waals surface area (Å²) in [6.07, 6.45) is 2.20. The van der Waals surface area contributed by atoms with Crippen LogP contribution in [0.1, 0.15) is 35.9 Å². The van der Waals surface area contributed by atoms with Crippen molar-refractivity contribution in [2.75, 3.05) is 13.1 Å². The zero-order valence-corrected chi connectivity index (χ0v) is 10.9. The molecule has 2 heterocycles. The summed E-state index contributed by atoms with van der Waals surface area (Å²) in [5.41, 5.74) is 0.882. The van der Waals surface area contributed by atoms with E-state index in [9.17, 15) is 9.90 Å². The van der Waals surface area contributed by atoms with Gasteiger partial charge in [-0.3, -0.25) is 9.48 Å². The van der Waals surface area contributed by atoms with Crippen molar-refractivity contribution in [1.82, 2.24) is 14.7 Å². The number of aryl methyl sites for hydroxylation is 2. The Labute approximate surface area is 106 Å². The van der Waals surface area contributed by atoms with Gasteiger partial charge in [-0.1, -0.05) is 0 Å². The number of hydrogen-bond donors (Lipinski definition) is 1. The number of β-amino-alcohol motifs (C(OH)–C–C–N with tert-alkyl or cyclic N) is 1. The number of hydrogen-bond acceptors (Lipinski definition) is 3. The van der Waals surface area contributed by atoms with Crippen LogP contribution in [0.5, 0.6) is 0 Å². The maximum Gasteiger partial charge on any atom is 0.272 e. The first kappa shape index (κ1) is 11.7. The van der Waals surface area contributed by atoms with Gasteiger partial charge in [0.2, 0.25) is 0 Å².